The molecule has 0 saturated heterocycles. The molecule has 1 aromatic carbocycles. The van der Waals surface area contributed by atoms with Crippen LogP contribution in [0.3, 0.4) is 0 Å². The van der Waals surface area contributed by atoms with E-state index < -0.39 is 5.97 Å². The molecule has 2 nitrogen and oxygen atoms in total. The van der Waals surface area contributed by atoms with Crippen LogP contribution in [0, 0.1) is 0 Å². The molecule has 1 unspecified atom stereocenters. The van der Waals surface area contributed by atoms with Gasteiger partial charge in [-0.25, -0.2) is 4.79 Å². The average Bonchev–Trinajstić information content (AvgIpc) is 2.26. The molecule has 1 aromatic rings. The number of carboxylic acids is 1. The maximum Gasteiger partial charge on any atom is 0.335 e. The molecule has 0 fully saturated rings. The van der Waals surface area contributed by atoms with Gasteiger partial charge in [0.1, 0.15) is 0 Å². The van der Waals surface area contributed by atoms with Crippen molar-refractivity contribution < 1.29 is 9.90 Å². The summed E-state index contributed by atoms with van der Waals surface area (Å²) in [6.07, 6.45) is 3.14. The van der Waals surface area contributed by atoms with Gasteiger partial charge in [-0.05, 0) is 30.4 Å². The predicted octanol–water partition coefficient (Wildman–Crippen LogP) is 3.68. The fourth-order valence-corrected chi connectivity index (χ4v) is 1.98. The summed E-state index contributed by atoms with van der Waals surface area (Å²) in [4.78, 5) is 11.0. The highest BCUT2D eigenvalue weighted by Gasteiger charge is 2.15. The minimum absolute atomic E-state index is 0.377. The fraction of sp³-hybridized carbons (Fsp3) is 0.462. The van der Waals surface area contributed by atoms with Crippen molar-refractivity contribution in [2.24, 2.45) is 0 Å². The Morgan fingerprint density at radius 3 is 2.53 bits per heavy atom. The van der Waals surface area contributed by atoms with Crippen LogP contribution in [-0.4, -0.2) is 11.1 Å². The number of rotatable bonds is 5. The van der Waals surface area contributed by atoms with E-state index in [4.69, 9.17) is 5.11 Å². The quantitative estimate of drug-likeness (QED) is 0.798. The Bertz CT molecular complexity index is 331. The summed E-state index contributed by atoms with van der Waals surface area (Å²) in [6.45, 7) is 4.24. The van der Waals surface area contributed by atoms with Gasteiger partial charge in [0.2, 0.25) is 0 Å². The summed E-state index contributed by atoms with van der Waals surface area (Å²) in [6, 6.07) is 7.33. The lowest BCUT2D eigenvalue weighted by Gasteiger charge is -2.16. The van der Waals surface area contributed by atoms with E-state index in [1.54, 1.807) is 12.1 Å². The number of hydrogen-bond donors (Lipinski definition) is 1. The lowest BCUT2D eigenvalue weighted by molar-refractivity contribution is 0.0695. The van der Waals surface area contributed by atoms with Gasteiger partial charge in [-0.3, -0.25) is 0 Å². The zero-order valence-corrected chi connectivity index (χ0v) is 9.36. The second-order valence-corrected chi connectivity index (χ2v) is 3.79. The Hall–Kier alpha value is -1.31. The van der Waals surface area contributed by atoms with Crippen LogP contribution in [0.2, 0.25) is 0 Å². The van der Waals surface area contributed by atoms with Crippen molar-refractivity contribution in [1.29, 1.82) is 0 Å². The van der Waals surface area contributed by atoms with Crippen LogP contribution >= 0.6 is 0 Å². The summed E-state index contributed by atoms with van der Waals surface area (Å²) >= 11 is 0. The highest BCUT2D eigenvalue weighted by molar-refractivity contribution is 5.89. The lowest BCUT2D eigenvalue weighted by atomic mass is 9.89. The van der Waals surface area contributed by atoms with Crippen molar-refractivity contribution in [2.75, 3.05) is 0 Å². The molecule has 0 aliphatic heterocycles. The molecular formula is C13H18O2. The third-order valence-electron chi connectivity index (χ3n) is 2.76. The van der Waals surface area contributed by atoms with Gasteiger partial charge in [-0.2, -0.15) is 0 Å². The second-order valence-electron chi connectivity index (χ2n) is 3.79. The Morgan fingerprint density at radius 2 is 2.00 bits per heavy atom. The topological polar surface area (TPSA) is 37.3 Å². The number of benzene rings is 1. The summed E-state index contributed by atoms with van der Waals surface area (Å²) in [5.74, 6) is -0.442. The lowest BCUT2D eigenvalue weighted by Crippen LogP contribution is -2.06. The largest absolute Gasteiger partial charge is 0.478 e. The normalized spacial score (nSPS) is 12.4. The van der Waals surface area contributed by atoms with Crippen molar-refractivity contribution in [1.82, 2.24) is 0 Å². The molecule has 0 heterocycles. The van der Waals surface area contributed by atoms with Crippen LogP contribution in [0.1, 0.15) is 54.9 Å². The van der Waals surface area contributed by atoms with E-state index in [1.807, 2.05) is 12.1 Å². The molecule has 82 valence electrons. The average molecular weight is 206 g/mol. The molecule has 0 radical (unpaired) electrons. The van der Waals surface area contributed by atoms with Gasteiger partial charge in [0, 0.05) is 0 Å². The van der Waals surface area contributed by atoms with Crippen molar-refractivity contribution in [2.45, 2.75) is 39.0 Å². The maximum atomic E-state index is 11.0. The van der Waals surface area contributed by atoms with E-state index in [0.717, 1.165) is 24.8 Å². The Kier molecular flexibility index (Phi) is 4.35. The standard InChI is InChI=1S/C13H18O2/c1-3-7-10(4-2)11-8-5-6-9-12(11)13(14)15/h5-6,8-10H,3-4,7H2,1-2H3,(H,14,15). The van der Waals surface area contributed by atoms with Crippen LogP contribution in [0.15, 0.2) is 24.3 Å². The van der Waals surface area contributed by atoms with Gasteiger partial charge >= 0.3 is 5.97 Å². The predicted molar refractivity (Wildman–Crippen MR) is 61.3 cm³/mol. The fourth-order valence-electron chi connectivity index (χ4n) is 1.98. The first-order valence-corrected chi connectivity index (χ1v) is 5.52. The number of carboxylic acid groups (broad SMARTS) is 1. The number of aromatic carboxylic acids is 1. The van der Waals surface area contributed by atoms with Gasteiger partial charge in [0.25, 0.3) is 0 Å². The van der Waals surface area contributed by atoms with Gasteiger partial charge in [0.05, 0.1) is 5.56 Å². The summed E-state index contributed by atoms with van der Waals surface area (Å²) < 4.78 is 0. The van der Waals surface area contributed by atoms with E-state index in [2.05, 4.69) is 13.8 Å². The third-order valence-corrected chi connectivity index (χ3v) is 2.76. The van der Waals surface area contributed by atoms with E-state index in [-0.39, 0.29) is 0 Å². The molecule has 0 bridgehead atoms. The van der Waals surface area contributed by atoms with Crippen molar-refractivity contribution in [3.63, 3.8) is 0 Å². The highest BCUT2D eigenvalue weighted by atomic mass is 16.4. The monoisotopic (exact) mass is 206 g/mol. The van der Waals surface area contributed by atoms with E-state index >= 15 is 0 Å². The molecule has 0 amide bonds. The smallest absolute Gasteiger partial charge is 0.335 e. The Balaban J connectivity index is 3.04. The van der Waals surface area contributed by atoms with Crippen LogP contribution in [0.5, 0.6) is 0 Å². The molecule has 0 aromatic heterocycles. The SMILES string of the molecule is CCCC(CC)c1ccccc1C(=O)O. The molecule has 1 N–H and O–H groups in total. The zero-order chi connectivity index (χ0) is 11.3. The van der Waals surface area contributed by atoms with Crippen LogP contribution < -0.4 is 0 Å². The summed E-state index contributed by atoms with van der Waals surface area (Å²) in [5, 5.41) is 9.08. The van der Waals surface area contributed by atoms with Gasteiger partial charge in [0.15, 0.2) is 0 Å². The van der Waals surface area contributed by atoms with Crippen molar-refractivity contribution >= 4 is 5.97 Å². The van der Waals surface area contributed by atoms with Crippen LogP contribution in [0.25, 0.3) is 0 Å². The first-order valence-electron chi connectivity index (χ1n) is 5.52. The molecule has 2 heteroatoms. The maximum absolute atomic E-state index is 11.0. The molecule has 1 rings (SSSR count). The van der Waals surface area contributed by atoms with Gasteiger partial charge < -0.3 is 5.11 Å². The summed E-state index contributed by atoms with van der Waals surface area (Å²) in [5.41, 5.74) is 1.44. The first kappa shape index (κ1) is 11.8. The minimum atomic E-state index is -0.819. The van der Waals surface area contributed by atoms with Gasteiger partial charge in [-0.1, -0.05) is 38.5 Å². The molecule has 0 saturated carbocycles. The second kappa shape index (κ2) is 5.54. The third kappa shape index (κ3) is 2.82. The van der Waals surface area contributed by atoms with Crippen molar-refractivity contribution in [3.8, 4) is 0 Å². The molecule has 1 atom stereocenters. The van der Waals surface area contributed by atoms with Crippen LogP contribution in [-0.2, 0) is 0 Å². The minimum Gasteiger partial charge on any atom is -0.478 e. The zero-order valence-electron chi connectivity index (χ0n) is 9.36. The first-order chi connectivity index (χ1) is 7.20. The van der Waals surface area contributed by atoms with Crippen LogP contribution in [0.4, 0.5) is 0 Å². The highest BCUT2D eigenvalue weighted by Crippen LogP contribution is 2.27. The molecule has 0 spiro atoms. The van der Waals surface area contributed by atoms with Gasteiger partial charge in [-0.15, -0.1) is 0 Å². The Morgan fingerprint density at radius 1 is 1.33 bits per heavy atom. The molecule has 0 aliphatic rings. The van der Waals surface area contributed by atoms with E-state index in [1.165, 1.54) is 0 Å². The molecule has 15 heavy (non-hydrogen) atoms. The van der Waals surface area contributed by atoms with Crippen molar-refractivity contribution in [3.05, 3.63) is 35.4 Å². The number of carbonyl (C=O) groups is 1. The van der Waals surface area contributed by atoms with E-state index in [9.17, 15) is 4.79 Å². The Labute approximate surface area is 90.9 Å². The molecule has 0 aliphatic carbocycles. The number of hydrogen-bond acceptors (Lipinski definition) is 1. The molecular weight excluding hydrogens is 188 g/mol. The summed E-state index contributed by atoms with van der Waals surface area (Å²) in [7, 11) is 0. The van der Waals surface area contributed by atoms with E-state index in [0.29, 0.717) is 11.5 Å².